The first-order valence-corrected chi connectivity index (χ1v) is 7.89. The first-order valence-electron chi connectivity index (χ1n) is 7.01. The Balaban J connectivity index is 2.25. The van der Waals surface area contributed by atoms with Crippen molar-refractivity contribution in [2.24, 2.45) is 0 Å². The molecule has 0 aliphatic carbocycles. The van der Waals surface area contributed by atoms with Crippen molar-refractivity contribution in [2.75, 3.05) is 26.3 Å². The summed E-state index contributed by atoms with van der Waals surface area (Å²) in [6.07, 6.45) is 1.90. The van der Waals surface area contributed by atoms with Crippen molar-refractivity contribution < 1.29 is 19.1 Å². The van der Waals surface area contributed by atoms with E-state index in [0.29, 0.717) is 26.3 Å². The summed E-state index contributed by atoms with van der Waals surface area (Å²) in [4.78, 5) is 26.5. The fourth-order valence-electron chi connectivity index (χ4n) is 2.25. The second kappa shape index (κ2) is 7.26. The molecule has 2 heterocycles. The van der Waals surface area contributed by atoms with Crippen LogP contribution >= 0.6 is 11.3 Å². The summed E-state index contributed by atoms with van der Waals surface area (Å²) in [5.74, 6) is -0.379. The summed E-state index contributed by atoms with van der Waals surface area (Å²) in [7, 11) is 0. The van der Waals surface area contributed by atoms with E-state index in [1.807, 2.05) is 11.4 Å². The number of carbonyl (C=O) groups excluding carboxylic acids is 2. The van der Waals surface area contributed by atoms with Gasteiger partial charge in [0.25, 0.3) is 0 Å². The van der Waals surface area contributed by atoms with Gasteiger partial charge in [-0.15, -0.1) is 11.3 Å². The van der Waals surface area contributed by atoms with E-state index in [1.165, 1.54) is 11.0 Å². The number of nitrogens with zero attached hydrogens (tertiary/aromatic N) is 1. The number of esters is 1. The van der Waals surface area contributed by atoms with Gasteiger partial charge >= 0.3 is 12.1 Å². The average Bonchev–Trinajstić information content (AvgIpc) is 2.84. The number of ether oxygens (including phenoxy) is 2. The topological polar surface area (TPSA) is 55.8 Å². The Hall–Kier alpha value is -1.82. The summed E-state index contributed by atoms with van der Waals surface area (Å²) < 4.78 is 10.0. The second-order valence-electron chi connectivity index (χ2n) is 4.55. The average molecular weight is 309 g/mol. The van der Waals surface area contributed by atoms with Crippen LogP contribution in [-0.2, 0) is 20.7 Å². The first kappa shape index (κ1) is 15.6. The van der Waals surface area contributed by atoms with Crippen LogP contribution in [0.2, 0.25) is 0 Å². The highest BCUT2D eigenvalue weighted by Gasteiger charge is 2.24. The molecule has 2 rings (SSSR count). The molecule has 21 heavy (non-hydrogen) atoms. The van der Waals surface area contributed by atoms with Gasteiger partial charge in [-0.2, -0.15) is 0 Å². The molecular formula is C15H19NO4S. The van der Waals surface area contributed by atoms with E-state index < -0.39 is 0 Å². The van der Waals surface area contributed by atoms with Crippen molar-refractivity contribution in [3.05, 3.63) is 28.0 Å². The van der Waals surface area contributed by atoms with Crippen molar-refractivity contribution in [3.8, 4) is 0 Å². The van der Waals surface area contributed by atoms with E-state index in [0.717, 1.165) is 17.6 Å². The molecule has 1 amide bonds. The zero-order valence-corrected chi connectivity index (χ0v) is 13.1. The molecule has 0 atom stereocenters. The third-order valence-corrected chi connectivity index (χ3v) is 4.15. The SMILES string of the molecule is CCOC(=O)C=C1CN(C(=O)OCC)CCc2sccc21. The van der Waals surface area contributed by atoms with Gasteiger partial charge in [-0.25, -0.2) is 9.59 Å². The maximum Gasteiger partial charge on any atom is 0.410 e. The lowest BCUT2D eigenvalue weighted by atomic mass is 10.1. The molecule has 1 aromatic heterocycles. The summed E-state index contributed by atoms with van der Waals surface area (Å²) in [6.45, 7) is 5.18. The van der Waals surface area contributed by atoms with Crippen LogP contribution in [0.3, 0.4) is 0 Å². The van der Waals surface area contributed by atoms with Crippen molar-refractivity contribution in [1.82, 2.24) is 4.90 Å². The van der Waals surface area contributed by atoms with E-state index in [2.05, 4.69) is 0 Å². The molecule has 5 nitrogen and oxygen atoms in total. The lowest BCUT2D eigenvalue weighted by Gasteiger charge is -2.20. The molecule has 1 aromatic rings. The fraction of sp³-hybridized carbons (Fsp3) is 0.467. The minimum atomic E-state index is -0.379. The van der Waals surface area contributed by atoms with Crippen molar-refractivity contribution >= 4 is 29.0 Å². The molecule has 1 aliphatic rings. The molecule has 0 fully saturated rings. The number of hydrogen-bond donors (Lipinski definition) is 0. The molecule has 114 valence electrons. The van der Waals surface area contributed by atoms with Crippen LogP contribution in [0, 0.1) is 0 Å². The Kier molecular flexibility index (Phi) is 5.38. The number of fused-ring (bicyclic) bond motifs is 1. The van der Waals surface area contributed by atoms with Crippen LogP contribution in [0.15, 0.2) is 17.5 Å². The highest BCUT2D eigenvalue weighted by molar-refractivity contribution is 7.10. The van der Waals surface area contributed by atoms with Crippen molar-refractivity contribution in [3.63, 3.8) is 0 Å². The summed E-state index contributed by atoms with van der Waals surface area (Å²) in [5.41, 5.74) is 1.83. The van der Waals surface area contributed by atoms with Crippen LogP contribution < -0.4 is 0 Å². The maximum absolute atomic E-state index is 11.9. The van der Waals surface area contributed by atoms with E-state index in [9.17, 15) is 9.59 Å². The van der Waals surface area contributed by atoms with Gasteiger partial charge in [0.1, 0.15) is 0 Å². The van der Waals surface area contributed by atoms with E-state index in [-0.39, 0.29) is 12.1 Å². The monoisotopic (exact) mass is 309 g/mol. The van der Waals surface area contributed by atoms with Crippen molar-refractivity contribution in [1.29, 1.82) is 0 Å². The molecule has 0 saturated carbocycles. The molecule has 0 aromatic carbocycles. The van der Waals surface area contributed by atoms with Gasteiger partial charge in [0, 0.05) is 30.5 Å². The molecular weight excluding hydrogens is 290 g/mol. The van der Waals surface area contributed by atoms with E-state index >= 15 is 0 Å². The lowest BCUT2D eigenvalue weighted by molar-refractivity contribution is -0.137. The smallest absolute Gasteiger partial charge is 0.410 e. The molecule has 0 N–H and O–H groups in total. The highest BCUT2D eigenvalue weighted by Crippen LogP contribution is 2.29. The normalized spacial score (nSPS) is 16.3. The summed E-state index contributed by atoms with van der Waals surface area (Å²) in [5, 5.41) is 2.00. The van der Waals surface area contributed by atoms with Crippen LogP contribution in [-0.4, -0.2) is 43.3 Å². The van der Waals surface area contributed by atoms with Crippen LogP contribution in [0.1, 0.15) is 24.3 Å². The predicted octanol–water partition coefficient (Wildman–Crippen LogP) is 2.71. The number of thiophene rings is 1. The number of hydrogen-bond acceptors (Lipinski definition) is 5. The fourth-order valence-corrected chi connectivity index (χ4v) is 3.15. The van der Waals surface area contributed by atoms with E-state index in [1.54, 1.807) is 30.1 Å². The van der Waals surface area contributed by atoms with Gasteiger partial charge in [-0.3, -0.25) is 0 Å². The minimum Gasteiger partial charge on any atom is -0.463 e. The minimum absolute atomic E-state index is 0.334. The lowest BCUT2D eigenvalue weighted by Crippen LogP contribution is -2.33. The molecule has 0 spiro atoms. The number of rotatable bonds is 3. The molecule has 0 saturated heterocycles. The third-order valence-electron chi connectivity index (χ3n) is 3.17. The Morgan fingerprint density at radius 1 is 1.33 bits per heavy atom. The largest absolute Gasteiger partial charge is 0.463 e. The first-order chi connectivity index (χ1) is 10.2. The van der Waals surface area contributed by atoms with E-state index in [4.69, 9.17) is 9.47 Å². The van der Waals surface area contributed by atoms with Gasteiger partial charge in [-0.05, 0) is 36.4 Å². The third kappa shape index (κ3) is 3.85. The van der Waals surface area contributed by atoms with Crippen LogP contribution in [0.25, 0.3) is 5.57 Å². The highest BCUT2D eigenvalue weighted by atomic mass is 32.1. The van der Waals surface area contributed by atoms with Gasteiger partial charge in [0.05, 0.1) is 13.2 Å². The Labute approximate surface area is 128 Å². The Bertz CT molecular complexity index is 550. The molecule has 0 bridgehead atoms. The van der Waals surface area contributed by atoms with Crippen LogP contribution in [0.5, 0.6) is 0 Å². The standard InChI is InChI=1S/C15H19NO4S/c1-3-19-14(17)9-11-10-16(15(18)20-4-2)7-5-13-12(11)6-8-21-13/h6,8-9H,3-5,7,10H2,1-2H3. The van der Waals surface area contributed by atoms with Gasteiger partial charge in [0.15, 0.2) is 0 Å². The van der Waals surface area contributed by atoms with Gasteiger partial charge in [-0.1, -0.05) is 0 Å². The maximum atomic E-state index is 11.9. The molecule has 0 unspecified atom stereocenters. The molecule has 0 radical (unpaired) electrons. The zero-order valence-electron chi connectivity index (χ0n) is 12.3. The Morgan fingerprint density at radius 2 is 2.10 bits per heavy atom. The number of amides is 1. The van der Waals surface area contributed by atoms with Gasteiger partial charge in [0.2, 0.25) is 0 Å². The predicted molar refractivity (Wildman–Crippen MR) is 81.2 cm³/mol. The summed E-state index contributed by atoms with van der Waals surface area (Å²) >= 11 is 1.64. The van der Waals surface area contributed by atoms with Crippen LogP contribution in [0.4, 0.5) is 4.79 Å². The quantitative estimate of drug-likeness (QED) is 0.636. The number of carbonyl (C=O) groups is 2. The van der Waals surface area contributed by atoms with Gasteiger partial charge < -0.3 is 14.4 Å². The summed E-state index contributed by atoms with van der Waals surface area (Å²) in [6, 6.07) is 1.99. The molecule has 1 aliphatic heterocycles. The molecule has 6 heteroatoms. The Morgan fingerprint density at radius 3 is 2.81 bits per heavy atom. The zero-order chi connectivity index (χ0) is 15.2. The second-order valence-corrected chi connectivity index (χ2v) is 5.55. The van der Waals surface area contributed by atoms with Crippen molar-refractivity contribution in [2.45, 2.75) is 20.3 Å².